The number of nitrogens with one attached hydrogen (secondary N) is 3. The Morgan fingerprint density at radius 1 is 1.33 bits per heavy atom. The summed E-state index contributed by atoms with van der Waals surface area (Å²) in [6.45, 7) is -0.298. The summed E-state index contributed by atoms with van der Waals surface area (Å²) in [5, 5.41) is 16.1. The van der Waals surface area contributed by atoms with Gasteiger partial charge in [-0.05, 0) is 0 Å². The van der Waals surface area contributed by atoms with Crippen LogP contribution in [0.25, 0.3) is 0 Å². The Labute approximate surface area is 85.2 Å². The van der Waals surface area contributed by atoms with E-state index in [1.807, 2.05) is 0 Å². The molecule has 4 N–H and O–H groups in total. The molecule has 82 valence electrons. The molecule has 2 atom stereocenters. The summed E-state index contributed by atoms with van der Waals surface area (Å²) in [7, 11) is 0. The Morgan fingerprint density at radius 2 is 2.07 bits per heavy atom. The minimum Gasteiger partial charge on any atom is -0.394 e. The van der Waals surface area contributed by atoms with Gasteiger partial charge in [-0.25, -0.2) is 0 Å². The van der Waals surface area contributed by atoms with Gasteiger partial charge in [0.05, 0.1) is 19.2 Å². The Bertz CT molecular complexity index is 343. The monoisotopic (exact) mass is 213 g/mol. The average Bonchev–Trinajstić information content (AvgIpc) is 2.52. The van der Waals surface area contributed by atoms with Crippen molar-refractivity contribution in [2.24, 2.45) is 0 Å². The number of imide groups is 1. The summed E-state index contributed by atoms with van der Waals surface area (Å²) in [4.78, 5) is 34.0. The number of piperazine rings is 1. The molecular weight excluding hydrogens is 202 g/mol. The van der Waals surface area contributed by atoms with E-state index in [1.165, 1.54) is 0 Å². The molecule has 2 unspecified atom stereocenters. The zero-order valence-corrected chi connectivity index (χ0v) is 7.87. The molecule has 0 saturated carbocycles. The van der Waals surface area contributed by atoms with E-state index in [0.717, 1.165) is 0 Å². The van der Waals surface area contributed by atoms with E-state index in [9.17, 15) is 14.4 Å². The van der Waals surface area contributed by atoms with Gasteiger partial charge < -0.3 is 10.4 Å². The summed E-state index contributed by atoms with van der Waals surface area (Å²) in [6, 6.07) is -0.441. The molecule has 0 aromatic carbocycles. The number of carbonyl (C=O) groups is 3. The highest BCUT2D eigenvalue weighted by molar-refractivity contribution is 6.17. The fourth-order valence-corrected chi connectivity index (χ4v) is 1.87. The number of aliphatic hydroxyl groups is 1. The Balaban J connectivity index is 2.23. The van der Waals surface area contributed by atoms with Crippen LogP contribution in [0.1, 0.15) is 6.42 Å². The molecular formula is C8H11N3O4. The molecule has 0 aliphatic carbocycles. The number of hydrogen-bond donors (Lipinski definition) is 4. The number of hydrogen-bond acceptors (Lipinski definition) is 5. The standard InChI is InChI=1S/C8H11N3O4/c12-3-4-1-8(6(14)10-4)7(15)11-5(13)2-9-8/h4,9,12H,1-3H2,(H,10,14)(H,11,13,15). The van der Waals surface area contributed by atoms with Gasteiger partial charge >= 0.3 is 0 Å². The van der Waals surface area contributed by atoms with Crippen LogP contribution in [0.3, 0.4) is 0 Å². The maximum Gasteiger partial charge on any atom is 0.256 e. The molecule has 2 fully saturated rings. The molecule has 0 bridgehead atoms. The summed E-state index contributed by atoms with van der Waals surface area (Å²) in [5.74, 6) is -1.59. The molecule has 0 aromatic heterocycles. The number of carbonyl (C=O) groups excluding carboxylic acids is 3. The number of aliphatic hydroxyl groups excluding tert-OH is 1. The van der Waals surface area contributed by atoms with Crippen molar-refractivity contribution >= 4 is 17.7 Å². The molecule has 1 spiro atoms. The van der Waals surface area contributed by atoms with Gasteiger partial charge in [0.25, 0.3) is 5.91 Å². The first-order valence-corrected chi connectivity index (χ1v) is 4.59. The van der Waals surface area contributed by atoms with Gasteiger partial charge in [-0.2, -0.15) is 0 Å². The highest BCUT2D eigenvalue weighted by Gasteiger charge is 2.54. The Kier molecular flexibility index (Phi) is 2.20. The lowest BCUT2D eigenvalue weighted by atomic mass is 9.92. The van der Waals surface area contributed by atoms with Gasteiger partial charge in [-0.1, -0.05) is 0 Å². The third kappa shape index (κ3) is 1.40. The summed E-state index contributed by atoms with van der Waals surface area (Å²) in [5.41, 5.74) is -1.39. The molecule has 2 saturated heterocycles. The van der Waals surface area contributed by atoms with E-state index in [-0.39, 0.29) is 19.6 Å². The van der Waals surface area contributed by atoms with Crippen molar-refractivity contribution < 1.29 is 19.5 Å². The van der Waals surface area contributed by atoms with E-state index in [4.69, 9.17) is 5.11 Å². The van der Waals surface area contributed by atoms with Crippen LogP contribution in [0, 0.1) is 0 Å². The second-order valence-electron chi connectivity index (χ2n) is 3.69. The lowest BCUT2D eigenvalue weighted by Crippen LogP contribution is -2.68. The van der Waals surface area contributed by atoms with Crippen molar-refractivity contribution in [2.75, 3.05) is 13.2 Å². The van der Waals surface area contributed by atoms with E-state index < -0.39 is 29.3 Å². The summed E-state index contributed by atoms with van der Waals surface area (Å²) in [6.07, 6.45) is 0.154. The molecule has 7 heteroatoms. The van der Waals surface area contributed by atoms with Crippen LogP contribution in [0.2, 0.25) is 0 Å². The van der Waals surface area contributed by atoms with Crippen molar-refractivity contribution in [3.8, 4) is 0 Å². The van der Waals surface area contributed by atoms with E-state index in [1.54, 1.807) is 0 Å². The summed E-state index contributed by atoms with van der Waals surface area (Å²) < 4.78 is 0. The topological polar surface area (TPSA) is 108 Å². The van der Waals surface area contributed by atoms with Crippen LogP contribution in [0.4, 0.5) is 0 Å². The Morgan fingerprint density at radius 3 is 2.60 bits per heavy atom. The average molecular weight is 213 g/mol. The number of rotatable bonds is 1. The Hall–Kier alpha value is -1.47. The van der Waals surface area contributed by atoms with Crippen LogP contribution in [0.5, 0.6) is 0 Å². The van der Waals surface area contributed by atoms with Crippen molar-refractivity contribution in [1.29, 1.82) is 0 Å². The third-order valence-corrected chi connectivity index (χ3v) is 2.69. The zero-order chi connectivity index (χ0) is 11.1. The number of amides is 3. The molecule has 0 aromatic rings. The van der Waals surface area contributed by atoms with Gasteiger partial charge in [0.1, 0.15) is 0 Å². The molecule has 2 aliphatic heterocycles. The van der Waals surface area contributed by atoms with Crippen LogP contribution < -0.4 is 16.0 Å². The highest BCUT2D eigenvalue weighted by atomic mass is 16.3. The molecule has 7 nitrogen and oxygen atoms in total. The highest BCUT2D eigenvalue weighted by Crippen LogP contribution is 2.22. The SMILES string of the molecule is O=C1CNC2(CC(CO)NC2=O)C(=O)N1. The second-order valence-corrected chi connectivity index (χ2v) is 3.69. The third-order valence-electron chi connectivity index (χ3n) is 2.69. The van der Waals surface area contributed by atoms with Crippen molar-refractivity contribution in [3.05, 3.63) is 0 Å². The van der Waals surface area contributed by atoms with E-state index in [2.05, 4.69) is 16.0 Å². The van der Waals surface area contributed by atoms with Gasteiger partial charge in [-0.15, -0.1) is 0 Å². The normalized spacial score (nSPS) is 35.5. The lowest BCUT2D eigenvalue weighted by molar-refractivity contribution is -0.142. The van der Waals surface area contributed by atoms with Gasteiger partial charge in [0.2, 0.25) is 11.8 Å². The van der Waals surface area contributed by atoms with Crippen LogP contribution in [0.15, 0.2) is 0 Å². The quantitative estimate of drug-likeness (QED) is 0.272. The van der Waals surface area contributed by atoms with Crippen LogP contribution in [-0.4, -0.2) is 47.6 Å². The minimum atomic E-state index is -1.39. The zero-order valence-electron chi connectivity index (χ0n) is 7.87. The van der Waals surface area contributed by atoms with Crippen molar-refractivity contribution in [2.45, 2.75) is 18.0 Å². The second kappa shape index (κ2) is 3.28. The van der Waals surface area contributed by atoms with Crippen LogP contribution >= 0.6 is 0 Å². The predicted molar refractivity (Wildman–Crippen MR) is 47.5 cm³/mol. The van der Waals surface area contributed by atoms with Crippen molar-refractivity contribution in [1.82, 2.24) is 16.0 Å². The molecule has 3 amide bonds. The van der Waals surface area contributed by atoms with Gasteiger partial charge in [-0.3, -0.25) is 25.0 Å². The first kappa shape index (κ1) is 10.1. The lowest BCUT2D eigenvalue weighted by Gasteiger charge is -2.29. The maximum absolute atomic E-state index is 11.6. The maximum atomic E-state index is 11.6. The molecule has 2 aliphatic rings. The summed E-state index contributed by atoms with van der Waals surface area (Å²) >= 11 is 0. The van der Waals surface area contributed by atoms with Gasteiger partial charge in [0, 0.05) is 6.42 Å². The van der Waals surface area contributed by atoms with E-state index >= 15 is 0 Å². The van der Waals surface area contributed by atoms with E-state index in [0.29, 0.717) is 0 Å². The predicted octanol–water partition coefficient (Wildman–Crippen LogP) is -3.15. The molecule has 0 radical (unpaired) electrons. The first-order valence-electron chi connectivity index (χ1n) is 4.59. The molecule has 2 rings (SSSR count). The van der Waals surface area contributed by atoms with Crippen molar-refractivity contribution in [3.63, 3.8) is 0 Å². The minimum absolute atomic E-state index is 0.0721. The molecule has 2 heterocycles. The fraction of sp³-hybridized carbons (Fsp3) is 0.625. The largest absolute Gasteiger partial charge is 0.394 e. The van der Waals surface area contributed by atoms with Gasteiger partial charge in [0.15, 0.2) is 5.54 Å². The van der Waals surface area contributed by atoms with Crippen LogP contribution in [-0.2, 0) is 14.4 Å². The smallest absolute Gasteiger partial charge is 0.256 e. The molecule has 15 heavy (non-hydrogen) atoms. The fourth-order valence-electron chi connectivity index (χ4n) is 1.87. The first-order chi connectivity index (χ1) is 7.08.